The summed E-state index contributed by atoms with van der Waals surface area (Å²) in [6, 6.07) is 5.73. The predicted molar refractivity (Wildman–Crippen MR) is 114 cm³/mol. The van der Waals surface area contributed by atoms with Gasteiger partial charge in [-0.05, 0) is 24.3 Å². The fraction of sp³-hybridized carbons (Fsp3) is 0.174. The number of aliphatic hydroxyl groups is 1. The van der Waals surface area contributed by atoms with Crippen LogP contribution in [-0.2, 0) is 25.4 Å². The first-order chi connectivity index (χ1) is 17.8. The highest BCUT2D eigenvalue weighted by Gasteiger charge is 2.39. The fourth-order valence-corrected chi connectivity index (χ4v) is 3.89. The maximum absolute atomic E-state index is 14.2. The van der Waals surface area contributed by atoms with Gasteiger partial charge in [0.25, 0.3) is 5.90 Å². The zero-order chi connectivity index (χ0) is 27.4. The van der Waals surface area contributed by atoms with Crippen LogP contribution in [0.1, 0.15) is 28.3 Å². The molecule has 0 atom stereocenters. The number of fused-ring (bicyclic) bond motifs is 1. The van der Waals surface area contributed by atoms with Gasteiger partial charge in [0.05, 0.1) is 35.5 Å². The van der Waals surface area contributed by atoms with Crippen LogP contribution >= 0.6 is 0 Å². The maximum Gasteiger partial charge on any atom is 0.417 e. The van der Waals surface area contributed by atoms with Crippen molar-refractivity contribution in [3.63, 3.8) is 0 Å². The standard InChI is InChI=1S/C23H13F8N5O2/c24-15-3-1-2-13(18(15)25)20-32-17-9-36(34-21(37)19(17)33-20)8-11-7-16(35-38-11)12-5-4-10(22(26,27)28)6-14(12)23(29,30)31/h1-7H,8-9H2,(H,32,33)(H,34,37). The summed E-state index contributed by atoms with van der Waals surface area (Å²) in [5.41, 5.74) is -3.92. The number of benzene rings is 2. The molecule has 7 nitrogen and oxygen atoms in total. The van der Waals surface area contributed by atoms with Crippen molar-refractivity contribution in [2.75, 3.05) is 0 Å². The summed E-state index contributed by atoms with van der Waals surface area (Å²) in [6.07, 6.45) is -10.1. The third-order valence-electron chi connectivity index (χ3n) is 5.60. The van der Waals surface area contributed by atoms with E-state index < -0.39 is 46.6 Å². The van der Waals surface area contributed by atoms with Gasteiger partial charge in [-0.15, -0.1) is 5.10 Å². The Labute approximate surface area is 207 Å². The van der Waals surface area contributed by atoms with E-state index in [2.05, 4.69) is 20.2 Å². The van der Waals surface area contributed by atoms with Gasteiger partial charge in [-0.3, -0.25) is 5.01 Å². The van der Waals surface area contributed by atoms with Crippen LogP contribution in [-0.4, -0.2) is 31.1 Å². The average molecular weight is 543 g/mol. The lowest BCUT2D eigenvalue weighted by Crippen LogP contribution is -2.25. The van der Waals surface area contributed by atoms with Crippen LogP contribution in [0.15, 0.2) is 52.1 Å². The molecular weight excluding hydrogens is 530 g/mol. The summed E-state index contributed by atoms with van der Waals surface area (Å²) >= 11 is 0. The molecule has 0 unspecified atom stereocenters. The molecule has 0 saturated heterocycles. The number of hydrogen-bond acceptors (Lipinski definition) is 5. The number of alkyl halides is 6. The highest BCUT2D eigenvalue weighted by atomic mass is 19.4. The second-order valence-electron chi connectivity index (χ2n) is 8.19. The Kier molecular flexibility index (Phi) is 5.87. The molecule has 4 aromatic rings. The van der Waals surface area contributed by atoms with E-state index in [1.54, 1.807) is 0 Å². The third kappa shape index (κ3) is 4.66. The predicted octanol–water partition coefficient (Wildman–Crippen LogP) is 6.28. The summed E-state index contributed by atoms with van der Waals surface area (Å²) in [6.45, 7) is -0.269. The number of aromatic nitrogens is 3. The first kappa shape index (κ1) is 25.2. The van der Waals surface area contributed by atoms with Crippen molar-refractivity contribution >= 4 is 5.90 Å². The van der Waals surface area contributed by atoms with Gasteiger partial charge in [0.2, 0.25) is 0 Å². The van der Waals surface area contributed by atoms with Crippen molar-refractivity contribution in [1.29, 1.82) is 0 Å². The lowest BCUT2D eigenvalue weighted by atomic mass is 10.0. The summed E-state index contributed by atoms with van der Waals surface area (Å²) in [4.78, 5) is 6.83. The summed E-state index contributed by atoms with van der Waals surface area (Å²) in [5.74, 6) is -2.92. The molecule has 0 amide bonds. The molecule has 198 valence electrons. The van der Waals surface area contributed by atoms with Gasteiger partial charge in [-0.1, -0.05) is 17.3 Å². The van der Waals surface area contributed by atoms with Crippen molar-refractivity contribution in [3.05, 3.63) is 82.4 Å². The zero-order valence-corrected chi connectivity index (χ0v) is 18.6. The number of hydrogen-bond donors (Lipinski definition) is 2. The molecule has 0 aliphatic carbocycles. The number of imidazole rings is 1. The lowest BCUT2D eigenvalue weighted by Gasteiger charge is -2.21. The quantitative estimate of drug-likeness (QED) is 0.296. The molecule has 15 heteroatoms. The Hall–Kier alpha value is -4.43. The smallest absolute Gasteiger partial charge is 0.417 e. The molecule has 2 N–H and O–H groups in total. The Morgan fingerprint density at radius 1 is 0.974 bits per heavy atom. The van der Waals surface area contributed by atoms with Crippen LogP contribution < -0.4 is 0 Å². The molecule has 0 saturated carbocycles. The number of H-pyrrole nitrogens is 1. The molecule has 1 aliphatic heterocycles. The van der Waals surface area contributed by atoms with Gasteiger partial charge >= 0.3 is 12.4 Å². The molecule has 0 fully saturated rings. The van der Waals surface area contributed by atoms with E-state index >= 15 is 0 Å². The lowest BCUT2D eigenvalue weighted by molar-refractivity contribution is -0.142. The van der Waals surface area contributed by atoms with Crippen molar-refractivity contribution in [3.8, 4) is 22.6 Å². The Bertz CT molecular complexity index is 1550. The zero-order valence-electron chi connectivity index (χ0n) is 18.6. The average Bonchev–Trinajstić information content (AvgIpc) is 3.47. The maximum atomic E-state index is 14.2. The number of halogens is 8. The molecular formula is C23H13F8N5O2. The Morgan fingerprint density at radius 3 is 2.45 bits per heavy atom. The van der Waals surface area contributed by atoms with E-state index in [0.29, 0.717) is 12.1 Å². The monoisotopic (exact) mass is 543 g/mol. The second kappa shape index (κ2) is 8.85. The van der Waals surface area contributed by atoms with Gasteiger partial charge in [0.1, 0.15) is 11.5 Å². The molecule has 1 aliphatic rings. The molecule has 0 radical (unpaired) electrons. The minimum atomic E-state index is -5.10. The van der Waals surface area contributed by atoms with Crippen LogP contribution in [0, 0.1) is 11.6 Å². The van der Waals surface area contributed by atoms with Crippen molar-refractivity contribution in [2.24, 2.45) is 5.10 Å². The number of hydrazone groups is 1. The number of nitrogens with zero attached hydrogens (tertiary/aromatic N) is 4. The minimum Gasteiger partial charge on any atom is -0.491 e. The van der Waals surface area contributed by atoms with Gasteiger partial charge in [-0.2, -0.15) is 26.3 Å². The summed E-state index contributed by atoms with van der Waals surface area (Å²) in [7, 11) is 0. The topological polar surface area (TPSA) is 90.5 Å². The van der Waals surface area contributed by atoms with Crippen LogP contribution in [0.4, 0.5) is 35.1 Å². The van der Waals surface area contributed by atoms with E-state index in [9.17, 15) is 40.2 Å². The van der Waals surface area contributed by atoms with E-state index in [4.69, 9.17) is 4.52 Å². The largest absolute Gasteiger partial charge is 0.491 e. The number of rotatable bonds is 4. The van der Waals surface area contributed by atoms with E-state index in [-0.39, 0.29) is 53.4 Å². The normalized spacial score (nSPS) is 14.0. The highest BCUT2D eigenvalue weighted by Crippen LogP contribution is 2.41. The Morgan fingerprint density at radius 2 is 1.74 bits per heavy atom. The van der Waals surface area contributed by atoms with E-state index in [1.807, 2.05) is 0 Å². The second-order valence-corrected chi connectivity index (χ2v) is 8.19. The summed E-state index contributed by atoms with van der Waals surface area (Å²) in [5, 5.41) is 19.0. The van der Waals surface area contributed by atoms with Gasteiger partial charge in [0.15, 0.2) is 23.1 Å². The minimum absolute atomic E-state index is 0.00452. The molecule has 38 heavy (non-hydrogen) atoms. The number of aromatic amines is 1. The highest BCUT2D eigenvalue weighted by molar-refractivity contribution is 5.92. The Balaban J connectivity index is 1.39. The van der Waals surface area contributed by atoms with Crippen LogP contribution in [0.3, 0.4) is 0 Å². The third-order valence-corrected chi connectivity index (χ3v) is 5.60. The van der Waals surface area contributed by atoms with Gasteiger partial charge in [-0.25, -0.2) is 13.8 Å². The molecule has 5 rings (SSSR count). The van der Waals surface area contributed by atoms with E-state index in [0.717, 1.165) is 12.1 Å². The molecule has 3 heterocycles. The van der Waals surface area contributed by atoms with Crippen molar-refractivity contribution in [2.45, 2.75) is 25.4 Å². The molecule has 0 bridgehead atoms. The molecule has 2 aromatic carbocycles. The van der Waals surface area contributed by atoms with Crippen LogP contribution in [0.5, 0.6) is 0 Å². The van der Waals surface area contributed by atoms with Crippen molar-refractivity contribution in [1.82, 2.24) is 20.1 Å². The van der Waals surface area contributed by atoms with Crippen LogP contribution in [0.25, 0.3) is 22.6 Å². The SMILES string of the molecule is OC1=NN(Cc2cc(-c3ccc(C(F)(F)F)cc3C(F)(F)F)no2)Cc2[nH]c(-c3cccc(F)c3F)nc21. The van der Waals surface area contributed by atoms with Crippen LogP contribution in [0.2, 0.25) is 0 Å². The summed E-state index contributed by atoms with van der Waals surface area (Å²) < 4.78 is 112. The molecule has 2 aromatic heterocycles. The van der Waals surface area contributed by atoms with Crippen molar-refractivity contribution < 1.29 is 44.8 Å². The first-order valence-corrected chi connectivity index (χ1v) is 10.6. The first-order valence-electron chi connectivity index (χ1n) is 10.6. The molecule has 0 spiro atoms. The van der Waals surface area contributed by atoms with E-state index in [1.165, 1.54) is 17.1 Å². The number of aliphatic hydroxyl groups excluding tert-OH is 1. The number of nitrogens with one attached hydrogen (secondary N) is 1. The van der Waals surface area contributed by atoms with Gasteiger partial charge < -0.3 is 14.6 Å². The fourth-order valence-electron chi connectivity index (χ4n) is 3.89. The van der Waals surface area contributed by atoms with Gasteiger partial charge in [0, 0.05) is 11.6 Å².